The first-order chi connectivity index (χ1) is 16.5. The number of carbonyl (C=O) groups is 2. The van der Waals surface area contributed by atoms with Crippen molar-refractivity contribution in [2.75, 3.05) is 17.4 Å². The van der Waals surface area contributed by atoms with Crippen molar-refractivity contribution in [3.8, 4) is 22.1 Å². The lowest BCUT2D eigenvalue weighted by atomic mass is 10.1. The van der Waals surface area contributed by atoms with E-state index in [9.17, 15) is 9.59 Å². The van der Waals surface area contributed by atoms with Crippen molar-refractivity contribution in [2.45, 2.75) is 13.3 Å². The highest BCUT2D eigenvalue weighted by atomic mass is 32.1. The second-order valence-corrected chi connectivity index (χ2v) is 8.66. The van der Waals surface area contributed by atoms with Crippen molar-refractivity contribution >= 4 is 34.5 Å². The molecule has 4 aromatic rings. The summed E-state index contributed by atoms with van der Waals surface area (Å²) < 4.78 is 10.7. The van der Waals surface area contributed by atoms with E-state index in [4.69, 9.17) is 9.47 Å². The van der Waals surface area contributed by atoms with Crippen molar-refractivity contribution in [3.63, 3.8) is 0 Å². The van der Waals surface area contributed by atoms with Gasteiger partial charge < -0.3 is 20.1 Å². The van der Waals surface area contributed by atoms with E-state index in [1.54, 1.807) is 42.5 Å². The van der Waals surface area contributed by atoms with Crippen LogP contribution < -0.4 is 20.1 Å². The van der Waals surface area contributed by atoms with Gasteiger partial charge in [0.25, 0.3) is 5.91 Å². The summed E-state index contributed by atoms with van der Waals surface area (Å²) in [7, 11) is 0. The fourth-order valence-corrected chi connectivity index (χ4v) is 4.44. The van der Waals surface area contributed by atoms with E-state index in [-0.39, 0.29) is 25.0 Å². The third-order valence-corrected chi connectivity index (χ3v) is 6.17. The molecule has 2 N–H and O–H groups in total. The number of amides is 2. The maximum atomic E-state index is 12.9. The molecule has 1 aliphatic heterocycles. The quantitative estimate of drug-likeness (QED) is 0.399. The highest BCUT2D eigenvalue weighted by Crippen LogP contribution is 2.34. The zero-order valence-corrected chi connectivity index (χ0v) is 19.1. The average Bonchev–Trinajstić information content (AvgIpc) is 3.48. The number of hydrogen-bond acceptors (Lipinski definition) is 6. The number of aromatic nitrogens is 1. The van der Waals surface area contributed by atoms with E-state index in [2.05, 4.69) is 21.7 Å². The number of rotatable bonds is 6. The Morgan fingerprint density at radius 1 is 0.971 bits per heavy atom. The first kappa shape index (κ1) is 21.7. The largest absolute Gasteiger partial charge is 0.454 e. The maximum Gasteiger partial charge on any atom is 0.257 e. The lowest BCUT2D eigenvalue weighted by molar-refractivity contribution is -0.115. The summed E-state index contributed by atoms with van der Waals surface area (Å²) in [5.41, 5.74) is 4.22. The number of hydrogen-bond donors (Lipinski definition) is 2. The van der Waals surface area contributed by atoms with Crippen LogP contribution in [-0.2, 0) is 11.2 Å². The zero-order chi connectivity index (χ0) is 23.5. The average molecular weight is 472 g/mol. The van der Waals surface area contributed by atoms with Crippen LogP contribution in [0.25, 0.3) is 10.6 Å². The zero-order valence-electron chi connectivity index (χ0n) is 18.3. The van der Waals surface area contributed by atoms with Crippen LogP contribution in [0.15, 0.2) is 72.1 Å². The van der Waals surface area contributed by atoms with Gasteiger partial charge in [0.2, 0.25) is 12.7 Å². The molecular formula is C26H21N3O4S. The lowest BCUT2D eigenvalue weighted by Crippen LogP contribution is -2.19. The van der Waals surface area contributed by atoms with Gasteiger partial charge in [0.1, 0.15) is 5.01 Å². The van der Waals surface area contributed by atoms with E-state index in [0.29, 0.717) is 34.1 Å². The molecule has 0 atom stereocenters. The Hall–Kier alpha value is -4.17. The molecule has 8 heteroatoms. The first-order valence-corrected chi connectivity index (χ1v) is 11.5. The van der Waals surface area contributed by atoms with Gasteiger partial charge in [-0.1, -0.05) is 35.9 Å². The fraction of sp³-hybridized carbons (Fsp3) is 0.115. The van der Waals surface area contributed by atoms with Crippen molar-refractivity contribution in [1.82, 2.24) is 4.98 Å². The van der Waals surface area contributed by atoms with Crippen LogP contribution in [-0.4, -0.2) is 23.6 Å². The number of carbonyl (C=O) groups excluding carboxylic acids is 2. The highest BCUT2D eigenvalue weighted by molar-refractivity contribution is 7.13. The Bertz CT molecular complexity index is 1380. The van der Waals surface area contributed by atoms with Gasteiger partial charge in [-0.25, -0.2) is 4.98 Å². The van der Waals surface area contributed by atoms with Gasteiger partial charge in [0.15, 0.2) is 11.5 Å². The van der Waals surface area contributed by atoms with Gasteiger partial charge >= 0.3 is 0 Å². The van der Waals surface area contributed by atoms with Gasteiger partial charge in [0.05, 0.1) is 23.4 Å². The molecule has 0 aliphatic carbocycles. The molecule has 7 nitrogen and oxygen atoms in total. The normalized spacial score (nSPS) is 11.8. The molecule has 0 fully saturated rings. The molecule has 0 bridgehead atoms. The molecule has 0 unspecified atom stereocenters. The SMILES string of the molecule is Cc1cccc(-c2nc(CC(=O)Nc3ccccc3C(=O)Nc3ccc4c(c3)OCO4)cs2)c1. The standard InChI is InChI=1S/C26H21N3O4S/c1-16-5-4-6-17(11-16)26-28-19(14-34-26)13-24(30)29-21-8-3-2-7-20(21)25(31)27-18-9-10-22-23(12-18)33-15-32-22/h2-12,14H,13,15H2,1H3,(H,27,31)(H,29,30). The molecule has 170 valence electrons. The van der Waals surface area contributed by atoms with Crippen LogP contribution in [0.1, 0.15) is 21.6 Å². The van der Waals surface area contributed by atoms with Crippen LogP contribution in [0, 0.1) is 6.92 Å². The molecule has 5 rings (SSSR count). The number of fused-ring (bicyclic) bond motifs is 1. The van der Waals surface area contributed by atoms with Crippen LogP contribution in [0.5, 0.6) is 11.5 Å². The number of nitrogens with zero attached hydrogens (tertiary/aromatic N) is 1. The third kappa shape index (κ3) is 4.77. The van der Waals surface area contributed by atoms with Crippen LogP contribution >= 0.6 is 11.3 Å². The van der Waals surface area contributed by atoms with Crippen LogP contribution in [0.3, 0.4) is 0 Å². The highest BCUT2D eigenvalue weighted by Gasteiger charge is 2.17. The summed E-state index contributed by atoms with van der Waals surface area (Å²) in [5.74, 6) is 0.625. The number of aryl methyl sites for hydroxylation is 1. The van der Waals surface area contributed by atoms with Gasteiger partial charge in [-0.15, -0.1) is 11.3 Å². The molecule has 1 aliphatic rings. The number of anilines is 2. The van der Waals surface area contributed by atoms with Crippen molar-refractivity contribution < 1.29 is 19.1 Å². The lowest BCUT2D eigenvalue weighted by Gasteiger charge is -2.11. The van der Waals surface area contributed by atoms with E-state index in [1.807, 2.05) is 30.5 Å². The van der Waals surface area contributed by atoms with Crippen molar-refractivity contribution in [3.05, 3.63) is 88.9 Å². The molecule has 2 heterocycles. The second-order valence-electron chi connectivity index (χ2n) is 7.81. The Morgan fingerprint density at radius 2 is 1.82 bits per heavy atom. The fourth-order valence-electron chi connectivity index (χ4n) is 3.62. The molecular weight excluding hydrogens is 450 g/mol. The Balaban J connectivity index is 1.26. The smallest absolute Gasteiger partial charge is 0.257 e. The Labute approximate surface area is 200 Å². The topological polar surface area (TPSA) is 89.6 Å². The summed E-state index contributed by atoms with van der Waals surface area (Å²) >= 11 is 1.50. The van der Waals surface area contributed by atoms with E-state index >= 15 is 0 Å². The third-order valence-electron chi connectivity index (χ3n) is 5.23. The number of thiazole rings is 1. The number of benzene rings is 3. The predicted octanol–water partition coefficient (Wildman–Crippen LogP) is 5.28. The van der Waals surface area contributed by atoms with E-state index in [0.717, 1.165) is 16.1 Å². The minimum absolute atomic E-state index is 0.112. The summed E-state index contributed by atoms with van der Waals surface area (Å²) in [6.07, 6.45) is 0.112. The van der Waals surface area contributed by atoms with Crippen LogP contribution in [0.4, 0.5) is 11.4 Å². The van der Waals surface area contributed by atoms with Gasteiger partial charge in [-0.05, 0) is 37.3 Å². The maximum absolute atomic E-state index is 12.9. The number of nitrogens with one attached hydrogen (secondary N) is 2. The molecule has 0 saturated heterocycles. The summed E-state index contributed by atoms with van der Waals surface area (Å²) in [5, 5.41) is 8.44. The molecule has 0 saturated carbocycles. The van der Waals surface area contributed by atoms with Gasteiger partial charge in [0, 0.05) is 22.7 Å². The molecule has 0 radical (unpaired) electrons. The minimum Gasteiger partial charge on any atom is -0.454 e. The molecule has 34 heavy (non-hydrogen) atoms. The molecule has 1 aromatic heterocycles. The van der Waals surface area contributed by atoms with Gasteiger partial charge in [-0.3, -0.25) is 9.59 Å². The van der Waals surface area contributed by atoms with Crippen molar-refractivity contribution in [2.24, 2.45) is 0 Å². The molecule has 3 aromatic carbocycles. The van der Waals surface area contributed by atoms with Crippen molar-refractivity contribution in [1.29, 1.82) is 0 Å². The summed E-state index contributed by atoms with van der Waals surface area (Å²) in [6.45, 7) is 2.19. The van der Waals surface area contributed by atoms with Crippen LogP contribution in [0.2, 0.25) is 0 Å². The van der Waals surface area contributed by atoms with Gasteiger partial charge in [-0.2, -0.15) is 0 Å². The monoisotopic (exact) mass is 471 g/mol. The number of para-hydroxylation sites is 1. The minimum atomic E-state index is -0.342. The summed E-state index contributed by atoms with van der Waals surface area (Å²) in [6, 6.07) is 20.2. The number of ether oxygens (including phenoxy) is 2. The Morgan fingerprint density at radius 3 is 2.71 bits per heavy atom. The van der Waals surface area contributed by atoms with E-state index < -0.39 is 0 Å². The predicted molar refractivity (Wildman–Crippen MR) is 132 cm³/mol. The summed E-state index contributed by atoms with van der Waals surface area (Å²) in [4.78, 5) is 30.3. The molecule has 2 amide bonds. The second kappa shape index (κ2) is 9.36. The molecule has 0 spiro atoms. The Kier molecular flexibility index (Phi) is 5.97. The first-order valence-electron chi connectivity index (χ1n) is 10.7. The van der Waals surface area contributed by atoms with E-state index in [1.165, 1.54) is 11.3 Å².